The van der Waals surface area contributed by atoms with Gasteiger partial charge in [0.1, 0.15) is 0 Å². The molecule has 0 aromatic rings. The third-order valence-electron chi connectivity index (χ3n) is 1.72. The molecule has 0 N–H and O–H groups in total. The SMILES string of the molecule is O=C(CC(I)(I)I)[O][Ga]([O]C(=O)CC(I)(I)I)[O]C(=O)CC(I)(I)I. The van der Waals surface area contributed by atoms with Crippen LogP contribution in [-0.4, -0.2) is 33.5 Å². The minimum absolute atomic E-state index is 0.106. The molecule has 0 amide bonds. The molecule has 0 aromatic carbocycles. The first-order valence-electron chi connectivity index (χ1n) is 5.75. The molecule has 144 valence electrons. The Balaban J connectivity index is 4.95. The van der Waals surface area contributed by atoms with E-state index >= 15 is 0 Å². The predicted molar refractivity (Wildman–Crippen MR) is 172 cm³/mol. The molecule has 0 heterocycles. The molecule has 6 nitrogen and oxygen atoms in total. The molecule has 0 aliphatic rings. The molecule has 0 saturated heterocycles. The molecule has 0 bridgehead atoms. The molecule has 0 aliphatic heterocycles. The summed E-state index contributed by atoms with van der Waals surface area (Å²) in [6.45, 7) is 0. The van der Waals surface area contributed by atoms with Crippen LogP contribution < -0.4 is 0 Å². The summed E-state index contributed by atoms with van der Waals surface area (Å²) in [4.78, 5) is 36.1. The van der Waals surface area contributed by atoms with Crippen molar-refractivity contribution in [2.75, 3.05) is 0 Å². The molecule has 25 heavy (non-hydrogen) atoms. The standard InChI is InChI=1S/3C3H3I3O2.Ga/c3*4-3(5,6)1-2(7)8;/h3*1H2,(H,7,8);/q;;;+3/p-3. The van der Waals surface area contributed by atoms with Gasteiger partial charge in [-0.1, -0.05) is 0 Å². The zero-order valence-corrected chi connectivity index (χ0v) is 33.4. The zero-order valence-electron chi connectivity index (χ0n) is 11.5. The van der Waals surface area contributed by atoms with E-state index in [0.29, 0.717) is 0 Å². The van der Waals surface area contributed by atoms with Gasteiger partial charge in [0.05, 0.1) is 0 Å². The van der Waals surface area contributed by atoms with E-state index in [4.69, 9.17) is 10.6 Å². The first-order chi connectivity index (χ1) is 11.0. The molecule has 0 atom stereocenters. The molecule has 16 heteroatoms. The summed E-state index contributed by atoms with van der Waals surface area (Å²) in [5.74, 6) is -1.63. The summed E-state index contributed by atoms with van der Waals surface area (Å²) in [6.07, 6.45) is 0.319. The maximum atomic E-state index is 12.0. The molecule has 0 radical (unpaired) electrons. The van der Waals surface area contributed by atoms with Crippen LogP contribution in [0.15, 0.2) is 0 Å². The topological polar surface area (TPSA) is 78.9 Å². The maximum absolute atomic E-state index is 12.0. The van der Waals surface area contributed by atoms with Gasteiger partial charge in [-0.25, -0.2) is 0 Å². The first kappa shape index (κ1) is 30.6. The Morgan fingerprint density at radius 1 is 0.560 bits per heavy atom. The van der Waals surface area contributed by atoms with Gasteiger partial charge < -0.3 is 0 Å². The van der Waals surface area contributed by atoms with Gasteiger partial charge in [0.2, 0.25) is 0 Å². The van der Waals surface area contributed by atoms with E-state index in [0.717, 1.165) is 0 Å². The van der Waals surface area contributed by atoms with Gasteiger partial charge in [0.15, 0.2) is 0 Å². The zero-order chi connectivity index (χ0) is 20.1. The van der Waals surface area contributed by atoms with Gasteiger partial charge in [0, 0.05) is 0 Å². The second-order valence-corrected chi connectivity index (χ2v) is 42.0. The number of carbonyl (C=O) groups is 3. The van der Waals surface area contributed by atoms with Crippen LogP contribution in [0.4, 0.5) is 0 Å². The number of hydrogen-bond acceptors (Lipinski definition) is 6. The summed E-state index contributed by atoms with van der Waals surface area (Å²) in [6, 6.07) is 0. The summed E-state index contributed by atoms with van der Waals surface area (Å²) >= 11 is 15.1. The molecule has 0 fully saturated rings. The Hall–Kier alpha value is 5.62. The number of hydrogen-bond donors (Lipinski definition) is 0. The molecular weight excluding hydrogens is 1420 g/mol. The normalized spacial score (nSPS) is 12.4. The minimum atomic E-state index is -3.80. The third-order valence-corrected chi connectivity index (χ3v) is 8.02. The predicted octanol–water partition coefficient (Wildman–Crippen LogP) is 6.65. The molecular formula is C9H6GaI9O6. The number of carbonyl (C=O) groups excluding carboxylic acids is 3. The van der Waals surface area contributed by atoms with Gasteiger partial charge in [0.25, 0.3) is 0 Å². The Bertz CT molecular complexity index is 426. The van der Waals surface area contributed by atoms with Crippen LogP contribution in [0.2, 0.25) is 0 Å². The van der Waals surface area contributed by atoms with Crippen molar-refractivity contribution in [1.29, 1.82) is 0 Å². The molecule has 0 rings (SSSR count). The van der Waals surface area contributed by atoms with Crippen molar-refractivity contribution in [2.24, 2.45) is 0 Å². The van der Waals surface area contributed by atoms with Crippen molar-refractivity contribution >= 4 is 239 Å². The van der Waals surface area contributed by atoms with E-state index in [1.54, 1.807) is 0 Å². The van der Waals surface area contributed by atoms with Gasteiger partial charge >= 0.3 is 281 Å². The van der Waals surface area contributed by atoms with E-state index in [9.17, 15) is 14.4 Å². The number of rotatable bonds is 9. The van der Waals surface area contributed by atoms with Crippen LogP contribution in [-0.2, 0) is 25.0 Å². The molecule has 0 aromatic heterocycles. The fourth-order valence-corrected chi connectivity index (χ4v) is 5.99. The summed E-state index contributed by atoms with van der Waals surface area (Å²) in [5.41, 5.74) is 0. The number of halogens is 9. The number of alkyl halides is 9. The second kappa shape index (κ2) is 14.0. The van der Waals surface area contributed by atoms with Crippen molar-refractivity contribution in [3.05, 3.63) is 0 Å². The Kier molecular flexibility index (Phi) is 17.1. The van der Waals surface area contributed by atoms with Crippen molar-refractivity contribution in [2.45, 2.75) is 17.6 Å². The second-order valence-electron chi connectivity index (χ2n) is 4.13. The van der Waals surface area contributed by atoms with Crippen LogP contribution in [0, 0.1) is 0 Å². The van der Waals surface area contributed by atoms with Crippen LogP contribution in [0.3, 0.4) is 0 Å². The quantitative estimate of drug-likeness (QED) is 0.147. The first-order valence-corrected chi connectivity index (χ1v) is 18.4. The third kappa shape index (κ3) is 21.2. The Morgan fingerprint density at radius 3 is 0.920 bits per heavy atom. The fourth-order valence-electron chi connectivity index (χ4n) is 1.01. The van der Waals surface area contributed by atoms with Gasteiger partial charge in [-0.2, -0.15) is 0 Å². The van der Waals surface area contributed by atoms with Crippen LogP contribution >= 0.6 is 203 Å². The van der Waals surface area contributed by atoms with Crippen LogP contribution in [0.5, 0.6) is 0 Å². The van der Waals surface area contributed by atoms with E-state index in [1.807, 2.05) is 0 Å². The van der Waals surface area contributed by atoms with Crippen molar-refractivity contribution in [1.82, 2.24) is 0 Å². The fraction of sp³-hybridized carbons (Fsp3) is 0.667. The molecule has 0 saturated carbocycles. The van der Waals surface area contributed by atoms with Crippen LogP contribution in [0.1, 0.15) is 19.3 Å². The summed E-state index contributed by atoms with van der Waals surface area (Å²) < 4.78 is 14.6. The van der Waals surface area contributed by atoms with E-state index in [2.05, 4.69) is 203 Å². The van der Waals surface area contributed by atoms with Crippen molar-refractivity contribution in [3.63, 3.8) is 0 Å². The Morgan fingerprint density at radius 2 is 0.760 bits per heavy atom. The molecule has 0 spiro atoms. The summed E-state index contributed by atoms with van der Waals surface area (Å²) in [7, 11) is 0. The van der Waals surface area contributed by atoms with Crippen LogP contribution in [0.25, 0.3) is 0 Å². The van der Waals surface area contributed by atoms with Gasteiger partial charge in [-0.15, -0.1) is 0 Å². The van der Waals surface area contributed by atoms with Crippen molar-refractivity contribution < 1.29 is 25.0 Å². The van der Waals surface area contributed by atoms with Gasteiger partial charge in [-0.05, 0) is 0 Å². The molecule has 0 aliphatic carbocycles. The van der Waals surface area contributed by atoms with Gasteiger partial charge in [-0.3, -0.25) is 0 Å². The van der Waals surface area contributed by atoms with E-state index in [-0.39, 0.29) is 17.6 Å². The average Bonchev–Trinajstić information content (AvgIpc) is 2.18. The summed E-state index contributed by atoms with van der Waals surface area (Å²) in [5, 5.41) is 0. The van der Waals surface area contributed by atoms with E-state index < -0.39 is 35.2 Å². The molecule has 0 unspecified atom stereocenters. The van der Waals surface area contributed by atoms with E-state index in [1.165, 1.54) is 0 Å². The Labute approximate surface area is 274 Å². The average molecular weight is 1420 g/mol. The monoisotopic (exact) mass is 1420 g/mol. The van der Waals surface area contributed by atoms with Crippen molar-refractivity contribution in [3.8, 4) is 0 Å².